The van der Waals surface area contributed by atoms with Crippen LogP contribution in [0.25, 0.3) is 22.3 Å². The summed E-state index contributed by atoms with van der Waals surface area (Å²) in [5, 5.41) is 10.7. The third-order valence-electron chi connectivity index (χ3n) is 2.70. The zero-order valence-corrected chi connectivity index (χ0v) is 10.8. The maximum Gasteiger partial charge on any atom is 0.224 e. The Morgan fingerprint density at radius 1 is 1.21 bits per heavy atom. The minimum absolute atomic E-state index is 0.151. The Morgan fingerprint density at radius 2 is 2.05 bits per heavy atom. The highest BCUT2D eigenvalue weighted by Crippen LogP contribution is 2.30. The van der Waals surface area contributed by atoms with Crippen LogP contribution < -0.4 is 0 Å². The minimum Gasteiger partial charge on any atom is -0.493 e. The normalized spacial score (nSPS) is 10.8. The molecule has 3 rings (SSSR count). The lowest BCUT2D eigenvalue weighted by Crippen LogP contribution is -1.93. The number of nitrogens with zero attached hydrogens (tertiary/aromatic N) is 4. The molecular formula is C13H9ClN4O. The van der Waals surface area contributed by atoms with Crippen molar-refractivity contribution in [2.24, 2.45) is 0 Å². The van der Waals surface area contributed by atoms with Crippen LogP contribution >= 0.6 is 11.6 Å². The van der Waals surface area contributed by atoms with Crippen LogP contribution in [0.5, 0.6) is 5.88 Å². The van der Waals surface area contributed by atoms with Gasteiger partial charge in [-0.25, -0.2) is 4.98 Å². The van der Waals surface area contributed by atoms with Crippen molar-refractivity contribution in [3.8, 4) is 17.3 Å². The molecule has 0 radical (unpaired) electrons. The molecule has 3 aromatic heterocycles. The molecule has 0 aromatic carbocycles. The molecule has 5 nitrogen and oxygen atoms in total. The maximum absolute atomic E-state index is 9.98. The van der Waals surface area contributed by atoms with Gasteiger partial charge in [-0.2, -0.15) is 4.98 Å². The van der Waals surface area contributed by atoms with E-state index in [4.69, 9.17) is 11.6 Å². The number of rotatable bonds is 1. The Morgan fingerprint density at radius 3 is 2.84 bits per heavy atom. The van der Waals surface area contributed by atoms with Crippen molar-refractivity contribution in [2.45, 2.75) is 6.92 Å². The molecule has 0 aliphatic carbocycles. The van der Waals surface area contributed by atoms with Crippen LogP contribution in [0.15, 0.2) is 30.7 Å². The van der Waals surface area contributed by atoms with Crippen molar-refractivity contribution in [3.63, 3.8) is 0 Å². The molecule has 0 atom stereocenters. The van der Waals surface area contributed by atoms with E-state index >= 15 is 0 Å². The molecule has 0 aliphatic heterocycles. The molecule has 0 aliphatic rings. The van der Waals surface area contributed by atoms with Crippen LogP contribution in [-0.2, 0) is 0 Å². The van der Waals surface area contributed by atoms with Crippen LogP contribution in [0.3, 0.4) is 0 Å². The molecule has 0 saturated carbocycles. The second-order valence-electron chi connectivity index (χ2n) is 4.07. The van der Waals surface area contributed by atoms with Crippen molar-refractivity contribution in [2.75, 3.05) is 0 Å². The van der Waals surface area contributed by atoms with Crippen molar-refractivity contribution in [3.05, 3.63) is 41.4 Å². The van der Waals surface area contributed by atoms with Crippen LogP contribution in [0.1, 0.15) is 5.69 Å². The summed E-state index contributed by atoms with van der Waals surface area (Å²) in [4.78, 5) is 16.5. The third kappa shape index (κ3) is 2.08. The van der Waals surface area contributed by atoms with Crippen LogP contribution in [-0.4, -0.2) is 25.0 Å². The van der Waals surface area contributed by atoms with E-state index in [0.717, 1.165) is 11.3 Å². The molecule has 3 heterocycles. The predicted molar refractivity (Wildman–Crippen MR) is 72.0 cm³/mol. The zero-order chi connectivity index (χ0) is 13.4. The lowest BCUT2D eigenvalue weighted by Gasteiger charge is -2.05. The number of aryl methyl sites for hydroxylation is 1. The van der Waals surface area contributed by atoms with Crippen molar-refractivity contribution in [1.82, 2.24) is 19.9 Å². The molecule has 1 N–H and O–H groups in total. The molecule has 0 saturated heterocycles. The summed E-state index contributed by atoms with van der Waals surface area (Å²) in [6, 6.07) is 3.63. The summed E-state index contributed by atoms with van der Waals surface area (Å²) in [5.41, 5.74) is 2.14. The Hall–Kier alpha value is -2.27. The lowest BCUT2D eigenvalue weighted by atomic mass is 10.2. The van der Waals surface area contributed by atoms with Crippen molar-refractivity contribution >= 4 is 22.5 Å². The molecule has 0 bridgehead atoms. The first-order valence-corrected chi connectivity index (χ1v) is 5.96. The zero-order valence-electron chi connectivity index (χ0n) is 10.0. The summed E-state index contributed by atoms with van der Waals surface area (Å²) in [6.07, 6.45) is 4.66. The highest BCUT2D eigenvalue weighted by molar-refractivity contribution is 6.35. The quantitative estimate of drug-likeness (QED) is 0.737. The van der Waals surface area contributed by atoms with E-state index in [1.54, 1.807) is 18.5 Å². The predicted octanol–water partition coefficient (Wildman–Crippen LogP) is 2.75. The summed E-state index contributed by atoms with van der Waals surface area (Å²) >= 11 is 5.97. The van der Waals surface area contributed by atoms with Crippen LogP contribution in [0.4, 0.5) is 0 Å². The molecule has 94 valence electrons. The monoisotopic (exact) mass is 272 g/mol. The van der Waals surface area contributed by atoms with Gasteiger partial charge >= 0.3 is 0 Å². The minimum atomic E-state index is -0.151. The van der Waals surface area contributed by atoms with E-state index in [2.05, 4.69) is 19.9 Å². The molecule has 19 heavy (non-hydrogen) atoms. The average Bonchev–Trinajstić information content (AvgIpc) is 2.38. The van der Waals surface area contributed by atoms with Gasteiger partial charge in [-0.05, 0) is 19.1 Å². The molecule has 0 spiro atoms. The van der Waals surface area contributed by atoms with Gasteiger partial charge in [0.25, 0.3) is 0 Å². The van der Waals surface area contributed by atoms with E-state index in [1.165, 1.54) is 6.20 Å². The van der Waals surface area contributed by atoms with Gasteiger partial charge in [0.1, 0.15) is 0 Å². The topological polar surface area (TPSA) is 71.8 Å². The van der Waals surface area contributed by atoms with Crippen molar-refractivity contribution < 1.29 is 5.11 Å². The van der Waals surface area contributed by atoms with Gasteiger partial charge in [-0.15, -0.1) is 0 Å². The summed E-state index contributed by atoms with van der Waals surface area (Å²) < 4.78 is 0. The van der Waals surface area contributed by atoms with Crippen LogP contribution in [0.2, 0.25) is 5.02 Å². The second kappa shape index (κ2) is 4.44. The number of pyridine rings is 2. The van der Waals surface area contributed by atoms with Gasteiger partial charge in [-0.3, -0.25) is 9.97 Å². The van der Waals surface area contributed by atoms with E-state index in [9.17, 15) is 5.11 Å². The third-order valence-corrected chi connectivity index (χ3v) is 2.98. The number of aromatic hydroxyl groups is 1. The lowest BCUT2D eigenvalue weighted by molar-refractivity contribution is 0.460. The molecule has 6 heteroatoms. The second-order valence-corrected chi connectivity index (χ2v) is 4.48. The number of hydrogen-bond acceptors (Lipinski definition) is 5. The first-order chi connectivity index (χ1) is 9.15. The number of halogens is 1. The Bertz CT molecular complexity index is 776. The first kappa shape index (κ1) is 11.8. The fourth-order valence-electron chi connectivity index (χ4n) is 1.84. The fraction of sp³-hybridized carbons (Fsp3) is 0.0769. The van der Waals surface area contributed by atoms with Gasteiger partial charge in [0.2, 0.25) is 5.88 Å². The van der Waals surface area contributed by atoms with E-state index in [1.807, 2.05) is 13.0 Å². The summed E-state index contributed by atoms with van der Waals surface area (Å²) in [6.45, 7) is 1.88. The average molecular weight is 273 g/mol. The van der Waals surface area contributed by atoms with E-state index < -0.39 is 0 Å². The molecule has 0 amide bonds. The van der Waals surface area contributed by atoms with E-state index in [-0.39, 0.29) is 5.88 Å². The van der Waals surface area contributed by atoms with Gasteiger partial charge in [0, 0.05) is 23.7 Å². The highest BCUT2D eigenvalue weighted by atomic mass is 35.5. The highest BCUT2D eigenvalue weighted by Gasteiger charge is 2.11. The summed E-state index contributed by atoms with van der Waals surface area (Å²) in [7, 11) is 0. The van der Waals surface area contributed by atoms with Gasteiger partial charge in [0.15, 0.2) is 5.82 Å². The Balaban J connectivity index is 2.27. The Kier molecular flexibility index (Phi) is 2.76. The van der Waals surface area contributed by atoms with Gasteiger partial charge < -0.3 is 5.11 Å². The number of hydrogen-bond donors (Lipinski definition) is 1. The summed E-state index contributed by atoms with van der Waals surface area (Å²) in [5.74, 6) is 0.265. The largest absolute Gasteiger partial charge is 0.493 e. The molecule has 3 aromatic rings. The van der Waals surface area contributed by atoms with Crippen molar-refractivity contribution in [1.29, 1.82) is 0 Å². The van der Waals surface area contributed by atoms with Gasteiger partial charge in [0.05, 0.1) is 22.1 Å². The molecule has 0 fully saturated rings. The molecular weight excluding hydrogens is 264 g/mol. The van der Waals surface area contributed by atoms with Crippen LogP contribution in [0, 0.1) is 6.92 Å². The van der Waals surface area contributed by atoms with Gasteiger partial charge in [-0.1, -0.05) is 11.6 Å². The number of aromatic nitrogens is 4. The standard InChI is InChI=1S/C13H9ClN4O/c1-7-4-8(2-3-16-7)12-17-10-6-15-5-9(14)11(10)13(19)18-12/h2-6H,1H3,(H,17,18,19). The smallest absolute Gasteiger partial charge is 0.224 e. The maximum atomic E-state index is 9.98. The first-order valence-electron chi connectivity index (χ1n) is 5.58. The fourth-order valence-corrected chi connectivity index (χ4v) is 2.08. The van der Waals surface area contributed by atoms with E-state index in [0.29, 0.717) is 21.7 Å². The molecule has 0 unspecified atom stereocenters. The Labute approximate surface area is 114 Å². The SMILES string of the molecule is Cc1cc(-c2nc(O)c3c(Cl)cncc3n2)ccn1. The number of fused-ring (bicyclic) bond motifs is 1.